The second-order valence-corrected chi connectivity index (χ2v) is 7.89. The summed E-state index contributed by atoms with van der Waals surface area (Å²) in [5.41, 5.74) is 3.34. The van der Waals surface area contributed by atoms with Crippen molar-refractivity contribution in [1.82, 2.24) is 4.90 Å². The van der Waals surface area contributed by atoms with Crippen molar-refractivity contribution in [3.63, 3.8) is 0 Å². The predicted octanol–water partition coefficient (Wildman–Crippen LogP) is 3.85. The van der Waals surface area contributed by atoms with Gasteiger partial charge in [-0.25, -0.2) is 0 Å². The first-order chi connectivity index (χ1) is 13.3. The molecule has 1 saturated carbocycles. The molecule has 1 aliphatic carbocycles. The average molecular weight is 363 g/mol. The summed E-state index contributed by atoms with van der Waals surface area (Å²) in [4.78, 5) is 15.8. The molecule has 2 aliphatic heterocycles. The van der Waals surface area contributed by atoms with E-state index in [1.165, 1.54) is 11.1 Å². The van der Waals surface area contributed by atoms with Crippen LogP contribution in [0.5, 0.6) is 11.5 Å². The fourth-order valence-electron chi connectivity index (χ4n) is 4.92. The molecule has 1 amide bonds. The lowest BCUT2D eigenvalue weighted by Crippen LogP contribution is -2.47. The predicted molar refractivity (Wildman–Crippen MR) is 103 cm³/mol. The van der Waals surface area contributed by atoms with Crippen molar-refractivity contribution in [3.8, 4) is 11.5 Å². The van der Waals surface area contributed by atoms with E-state index in [0.29, 0.717) is 13.2 Å². The van der Waals surface area contributed by atoms with Crippen LogP contribution >= 0.6 is 0 Å². The molecule has 0 bridgehead atoms. The van der Waals surface area contributed by atoms with Crippen molar-refractivity contribution in [3.05, 3.63) is 59.2 Å². The lowest BCUT2D eigenvalue weighted by molar-refractivity contribution is -0.138. The van der Waals surface area contributed by atoms with Crippen LogP contribution in [-0.2, 0) is 23.2 Å². The van der Waals surface area contributed by atoms with Crippen molar-refractivity contribution in [1.29, 1.82) is 0 Å². The monoisotopic (exact) mass is 363 g/mol. The van der Waals surface area contributed by atoms with Gasteiger partial charge < -0.3 is 14.4 Å². The highest BCUT2D eigenvalue weighted by atomic mass is 16.6. The normalized spacial score (nSPS) is 20.2. The Morgan fingerprint density at radius 2 is 1.67 bits per heavy atom. The molecule has 0 saturated heterocycles. The molecule has 1 fully saturated rings. The summed E-state index contributed by atoms with van der Waals surface area (Å²) in [6, 6.07) is 14.6. The maximum atomic E-state index is 13.8. The molecular formula is C23H25NO3. The van der Waals surface area contributed by atoms with Crippen LogP contribution in [0.15, 0.2) is 42.5 Å². The highest BCUT2D eigenvalue weighted by Gasteiger charge is 2.45. The fourth-order valence-corrected chi connectivity index (χ4v) is 4.92. The minimum absolute atomic E-state index is 0.284. The van der Waals surface area contributed by atoms with Gasteiger partial charge in [0.15, 0.2) is 11.5 Å². The SMILES string of the molecule is O=C(N1CCc2ccccc2C1)C1(c2ccc3c(c2)OCCO3)CCCC1. The van der Waals surface area contributed by atoms with Gasteiger partial charge in [-0.2, -0.15) is 0 Å². The first-order valence-electron chi connectivity index (χ1n) is 10.0. The molecule has 4 nitrogen and oxygen atoms in total. The van der Waals surface area contributed by atoms with Gasteiger partial charge in [0.25, 0.3) is 0 Å². The zero-order valence-electron chi connectivity index (χ0n) is 15.6. The number of fused-ring (bicyclic) bond motifs is 2. The summed E-state index contributed by atoms with van der Waals surface area (Å²) in [6.07, 6.45) is 4.99. The molecule has 0 unspecified atom stereocenters. The van der Waals surface area contributed by atoms with Gasteiger partial charge in [-0.3, -0.25) is 4.79 Å². The van der Waals surface area contributed by atoms with Crippen LogP contribution in [0.1, 0.15) is 42.4 Å². The first kappa shape index (κ1) is 16.7. The third-order valence-corrected chi connectivity index (χ3v) is 6.38. The number of rotatable bonds is 2. The number of ether oxygens (including phenoxy) is 2. The summed E-state index contributed by atoms with van der Waals surface area (Å²) >= 11 is 0. The van der Waals surface area contributed by atoms with Crippen molar-refractivity contribution < 1.29 is 14.3 Å². The quantitative estimate of drug-likeness (QED) is 0.813. The molecule has 4 heteroatoms. The Morgan fingerprint density at radius 1 is 0.926 bits per heavy atom. The lowest BCUT2D eigenvalue weighted by Gasteiger charge is -2.37. The number of nitrogens with zero attached hydrogens (tertiary/aromatic N) is 1. The second-order valence-electron chi connectivity index (χ2n) is 7.89. The summed E-state index contributed by atoms with van der Waals surface area (Å²) in [7, 11) is 0. The molecular weight excluding hydrogens is 338 g/mol. The largest absolute Gasteiger partial charge is 0.486 e. The summed E-state index contributed by atoms with van der Waals surface area (Å²) in [6.45, 7) is 2.69. The third kappa shape index (κ3) is 2.78. The Bertz CT molecular complexity index is 870. The Morgan fingerprint density at radius 3 is 2.48 bits per heavy atom. The van der Waals surface area contributed by atoms with Crippen LogP contribution in [0.4, 0.5) is 0 Å². The van der Waals surface area contributed by atoms with Gasteiger partial charge in [0.2, 0.25) is 5.91 Å². The lowest BCUT2D eigenvalue weighted by atomic mass is 9.77. The van der Waals surface area contributed by atoms with Gasteiger partial charge >= 0.3 is 0 Å². The van der Waals surface area contributed by atoms with E-state index in [4.69, 9.17) is 9.47 Å². The van der Waals surface area contributed by atoms with Gasteiger partial charge in [0.05, 0.1) is 5.41 Å². The van der Waals surface area contributed by atoms with E-state index in [-0.39, 0.29) is 5.91 Å². The van der Waals surface area contributed by atoms with E-state index >= 15 is 0 Å². The number of carbonyl (C=O) groups is 1. The molecule has 3 aliphatic rings. The highest BCUT2D eigenvalue weighted by molar-refractivity contribution is 5.89. The fraction of sp³-hybridized carbons (Fsp3) is 0.435. The standard InChI is InChI=1S/C23H25NO3/c25-22(24-12-9-17-5-1-2-6-18(17)16-24)23(10-3-4-11-23)19-7-8-20-21(15-19)27-14-13-26-20/h1-2,5-8,15H,3-4,9-14,16H2. The number of hydrogen-bond acceptors (Lipinski definition) is 3. The summed E-state index contributed by atoms with van der Waals surface area (Å²) in [5, 5.41) is 0. The molecule has 0 atom stereocenters. The zero-order valence-corrected chi connectivity index (χ0v) is 15.6. The molecule has 0 radical (unpaired) electrons. The number of amides is 1. The Kier molecular flexibility index (Phi) is 4.07. The average Bonchev–Trinajstić information content (AvgIpc) is 3.23. The summed E-state index contributed by atoms with van der Waals surface area (Å²) in [5.74, 6) is 1.85. The van der Waals surface area contributed by atoms with Gasteiger partial charge in [-0.15, -0.1) is 0 Å². The minimum atomic E-state index is -0.415. The molecule has 0 spiro atoms. The Balaban J connectivity index is 1.48. The number of benzene rings is 2. The van der Waals surface area contributed by atoms with Gasteiger partial charge in [-0.1, -0.05) is 43.2 Å². The molecule has 140 valence electrons. The maximum absolute atomic E-state index is 13.8. The smallest absolute Gasteiger partial charge is 0.233 e. The van der Waals surface area contributed by atoms with E-state index in [1.54, 1.807) is 0 Å². The van der Waals surface area contributed by atoms with Gasteiger partial charge in [0, 0.05) is 13.1 Å². The Hall–Kier alpha value is -2.49. The highest BCUT2D eigenvalue weighted by Crippen LogP contribution is 2.46. The molecule has 5 rings (SSSR count). The molecule has 2 aromatic rings. The molecule has 2 heterocycles. The molecule has 0 aromatic heterocycles. The van der Waals surface area contributed by atoms with Crippen LogP contribution < -0.4 is 9.47 Å². The molecule has 2 aromatic carbocycles. The zero-order chi connectivity index (χ0) is 18.3. The number of hydrogen-bond donors (Lipinski definition) is 0. The van der Waals surface area contributed by atoms with E-state index in [2.05, 4.69) is 41.3 Å². The van der Waals surface area contributed by atoms with Crippen LogP contribution in [0.3, 0.4) is 0 Å². The first-order valence-corrected chi connectivity index (χ1v) is 10.0. The molecule has 27 heavy (non-hydrogen) atoms. The van der Waals surface area contributed by atoms with Crippen LogP contribution in [-0.4, -0.2) is 30.6 Å². The summed E-state index contributed by atoms with van der Waals surface area (Å²) < 4.78 is 11.5. The van der Waals surface area contributed by atoms with Crippen LogP contribution in [0.25, 0.3) is 0 Å². The van der Waals surface area contributed by atoms with E-state index in [1.807, 2.05) is 6.07 Å². The minimum Gasteiger partial charge on any atom is -0.486 e. The van der Waals surface area contributed by atoms with Crippen LogP contribution in [0, 0.1) is 0 Å². The van der Waals surface area contributed by atoms with Crippen molar-refractivity contribution in [2.45, 2.75) is 44.1 Å². The van der Waals surface area contributed by atoms with E-state index < -0.39 is 5.41 Å². The topological polar surface area (TPSA) is 38.8 Å². The molecule has 0 N–H and O–H groups in total. The third-order valence-electron chi connectivity index (χ3n) is 6.38. The maximum Gasteiger partial charge on any atom is 0.233 e. The number of carbonyl (C=O) groups excluding carboxylic acids is 1. The van der Waals surface area contributed by atoms with Crippen LogP contribution in [0.2, 0.25) is 0 Å². The van der Waals surface area contributed by atoms with Crippen molar-refractivity contribution in [2.75, 3.05) is 19.8 Å². The Labute approximate surface area is 160 Å². The van der Waals surface area contributed by atoms with Gasteiger partial charge in [0.1, 0.15) is 13.2 Å². The van der Waals surface area contributed by atoms with Crippen molar-refractivity contribution in [2.24, 2.45) is 0 Å². The van der Waals surface area contributed by atoms with Crippen molar-refractivity contribution >= 4 is 5.91 Å². The van der Waals surface area contributed by atoms with E-state index in [9.17, 15) is 4.79 Å². The van der Waals surface area contributed by atoms with E-state index in [0.717, 1.165) is 62.3 Å². The second kappa shape index (κ2) is 6.59. The van der Waals surface area contributed by atoms with Gasteiger partial charge in [-0.05, 0) is 48.1 Å².